The Morgan fingerprint density at radius 1 is 0.966 bits per heavy atom. The molecule has 0 spiro atoms. The fourth-order valence-electron chi connectivity index (χ4n) is 3.09. The van der Waals surface area contributed by atoms with Gasteiger partial charge in [0.05, 0.1) is 6.42 Å². The Morgan fingerprint density at radius 3 is 2.34 bits per heavy atom. The van der Waals surface area contributed by atoms with Crippen molar-refractivity contribution in [3.8, 4) is 11.3 Å². The van der Waals surface area contributed by atoms with E-state index in [4.69, 9.17) is 9.15 Å². The first-order chi connectivity index (χ1) is 14.2. The lowest BCUT2D eigenvalue weighted by Gasteiger charge is -2.18. The van der Waals surface area contributed by atoms with Crippen LogP contribution in [-0.4, -0.2) is 17.9 Å². The molecule has 0 saturated heterocycles. The zero-order valence-electron chi connectivity index (χ0n) is 16.0. The summed E-state index contributed by atoms with van der Waals surface area (Å²) in [6.45, 7) is 0. The van der Waals surface area contributed by atoms with Gasteiger partial charge in [-0.05, 0) is 25.0 Å². The second-order valence-corrected chi connectivity index (χ2v) is 7.20. The van der Waals surface area contributed by atoms with Gasteiger partial charge in [0, 0.05) is 23.6 Å². The van der Waals surface area contributed by atoms with Gasteiger partial charge in [-0.15, -0.1) is 0 Å². The van der Waals surface area contributed by atoms with Crippen molar-refractivity contribution in [2.45, 2.75) is 37.8 Å². The van der Waals surface area contributed by atoms with Gasteiger partial charge in [0.2, 0.25) is 6.10 Å². The molecule has 1 heterocycles. The van der Waals surface area contributed by atoms with Gasteiger partial charge >= 0.3 is 5.97 Å². The Hall–Kier alpha value is -3.34. The predicted molar refractivity (Wildman–Crippen MR) is 109 cm³/mol. The van der Waals surface area contributed by atoms with Crippen molar-refractivity contribution in [2.75, 3.05) is 0 Å². The molecule has 0 unspecified atom stereocenters. The highest BCUT2D eigenvalue weighted by Gasteiger charge is 2.30. The number of hydrogen-bond donors (Lipinski definition) is 1. The van der Waals surface area contributed by atoms with Crippen LogP contribution < -0.4 is 5.32 Å². The van der Waals surface area contributed by atoms with Crippen LogP contribution in [0.4, 0.5) is 0 Å². The number of carbonyl (C=O) groups is 2. The van der Waals surface area contributed by atoms with Crippen LogP contribution in [0.2, 0.25) is 0 Å². The molecule has 1 aromatic heterocycles. The summed E-state index contributed by atoms with van der Waals surface area (Å²) < 4.78 is 11.4. The lowest BCUT2D eigenvalue weighted by atomic mass is 10.1. The molecule has 1 saturated carbocycles. The highest BCUT2D eigenvalue weighted by atomic mass is 16.5. The fourth-order valence-corrected chi connectivity index (χ4v) is 3.09. The molecule has 1 atom stereocenters. The fraction of sp³-hybridized carbons (Fsp3) is 0.250. The number of hydrogen-bond acceptors (Lipinski definition) is 4. The third kappa shape index (κ3) is 5.13. The third-order valence-corrected chi connectivity index (χ3v) is 4.81. The summed E-state index contributed by atoms with van der Waals surface area (Å²) in [5, 5.41) is 2.92. The van der Waals surface area contributed by atoms with Crippen LogP contribution in [0, 0.1) is 0 Å². The molecule has 2 aromatic carbocycles. The number of furan rings is 1. The molecular weight excluding hydrogens is 366 g/mol. The molecule has 29 heavy (non-hydrogen) atoms. The number of rotatable bonds is 8. The van der Waals surface area contributed by atoms with Crippen LogP contribution in [0.5, 0.6) is 0 Å². The number of amides is 1. The Labute approximate surface area is 169 Å². The Kier molecular flexibility index (Phi) is 5.75. The minimum absolute atomic E-state index is 0.141. The SMILES string of the molecule is O=C(CCc1ccc(-c2ccccc2)o1)O[C@H](C(=O)NC1CC1)c1ccccc1. The lowest BCUT2D eigenvalue weighted by Crippen LogP contribution is -2.33. The quantitative estimate of drug-likeness (QED) is 0.578. The van der Waals surface area contributed by atoms with Gasteiger partial charge in [0.1, 0.15) is 11.5 Å². The van der Waals surface area contributed by atoms with Crippen molar-refractivity contribution < 1.29 is 18.7 Å². The standard InChI is InChI=1S/C24H23NO4/c26-22(16-14-20-13-15-21(28-20)17-7-3-1-4-8-17)29-23(18-9-5-2-6-10-18)24(27)25-19-11-12-19/h1-10,13,15,19,23H,11-12,14,16H2,(H,25,27)/t23-/m0/s1. The van der Waals surface area contributed by atoms with Gasteiger partial charge in [-0.25, -0.2) is 0 Å². The molecule has 1 aliphatic rings. The number of benzene rings is 2. The van der Waals surface area contributed by atoms with E-state index in [1.807, 2.05) is 60.7 Å². The summed E-state index contributed by atoms with van der Waals surface area (Å²) in [5.41, 5.74) is 1.66. The molecule has 1 amide bonds. The van der Waals surface area contributed by atoms with E-state index in [-0.39, 0.29) is 18.4 Å². The van der Waals surface area contributed by atoms with E-state index in [0.717, 1.165) is 24.2 Å². The van der Waals surface area contributed by atoms with Gasteiger partial charge < -0.3 is 14.5 Å². The first kappa shape index (κ1) is 19.0. The lowest BCUT2D eigenvalue weighted by molar-refractivity contribution is -0.156. The summed E-state index contributed by atoms with van der Waals surface area (Å²) >= 11 is 0. The molecule has 0 aliphatic heterocycles. The van der Waals surface area contributed by atoms with Gasteiger partial charge in [-0.2, -0.15) is 0 Å². The monoisotopic (exact) mass is 389 g/mol. The molecule has 1 fully saturated rings. The first-order valence-corrected chi connectivity index (χ1v) is 9.88. The highest BCUT2D eigenvalue weighted by Crippen LogP contribution is 2.25. The predicted octanol–water partition coefficient (Wildman–Crippen LogP) is 4.44. The zero-order valence-corrected chi connectivity index (χ0v) is 16.0. The molecule has 0 bridgehead atoms. The maximum Gasteiger partial charge on any atom is 0.307 e. The van der Waals surface area contributed by atoms with Crippen molar-refractivity contribution in [2.24, 2.45) is 0 Å². The van der Waals surface area contributed by atoms with E-state index in [1.165, 1.54) is 0 Å². The number of carbonyl (C=O) groups excluding carboxylic acids is 2. The van der Waals surface area contributed by atoms with Crippen LogP contribution >= 0.6 is 0 Å². The topological polar surface area (TPSA) is 68.5 Å². The second kappa shape index (κ2) is 8.78. The molecule has 1 N–H and O–H groups in total. The number of ether oxygens (including phenoxy) is 1. The van der Waals surface area contributed by atoms with Crippen LogP contribution in [0.25, 0.3) is 11.3 Å². The van der Waals surface area contributed by atoms with Crippen molar-refractivity contribution in [1.82, 2.24) is 5.32 Å². The maximum atomic E-state index is 12.6. The third-order valence-electron chi connectivity index (χ3n) is 4.81. The molecule has 148 valence electrons. The molecule has 5 heteroatoms. The van der Waals surface area contributed by atoms with Gasteiger partial charge in [-0.1, -0.05) is 60.7 Å². The normalized spacial score (nSPS) is 14.2. The second-order valence-electron chi connectivity index (χ2n) is 7.20. The molecule has 4 rings (SSSR count). The average molecular weight is 389 g/mol. The van der Waals surface area contributed by atoms with Gasteiger partial charge in [0.25, 0.3) is 5.91 Å². The number of nitrogens with one attached hydrogen (secondary N) is 1. The molecule has 3 aromatic rings. The highest BCUT2D eigenvalue weighted by molar-refractivity contribution is 5.85. The van der Waals surface area contributed by atoms with E-state index in [2.05, 4.69) is 5.32 Å². The van der Waals surface area contributed by atoms with Crippen LogP contribution in [0.1, 0.15) is 36.7 Å². The van der Waals surface area contributed by atoms with Crippen molar-refractivity contribution in [3.63, 3.8) is 0 Å². The summed E-state index contributed by atoms with van der Waals surface area (Å²) in [4.78, 5) is 25.0. The van der Waals surface area contributed by atoms with Crippen LogP contribution in [0.3, 0.4) is 0 Å². The number of aryl methyl sites for hydroxylation is 1. The summed E-state index contributed by atoms with van der Waals surface area (Å²) in [7, 11) is 0. The molecular formula is C24H23NO4. The zero-order chi connectivity index (χ0) is 20.1. The minimum Gasteiger partial charge on any atom is -0.461 e. The van der Waals surface area contributed by atoms with Crippen LogP contribution in [0.15, 0.2) is 77.2 Å². The molecule has 0 radical (unpaired) electrons. The number of esters is 1. The Balaban J connectivity index is 1.37. The Morgan fingerprint density at radius 2 is 1.66 bits per heavy atom. The molecule has 5 nitrogen and oxygen atoms in total. The van der Waals surface area contributed by atoms with E-state index < -0.39 is 12.1 Å². The summed E-state index contributed by atoms with van der Waals surface area (Å²) in [5.74, 6) is 0.776. The van der Waals surface area contributed by atoms with Gasteiger partial charge in [0.15, 0.2) is 0 Å². The van der Waals surface area contributed by atoms with Crippen molar-refractivity contribution in [3.05, 3.63) is 84.1 Å². The van der Waals surface area contributed by atoms with Crippen molar-refractivity contribution >= 4 is 11.9 Å². The van der Waals surface area contributed by atoms with E-state index in [0.29, 0.717) is 17.7 Å². The first-order valence-electron chi connectivity index (χ1n) is 9.88. The largest absolute Gasteiger partial charge is 0.461 e. The molecule has 1 aliphatic carbocycles. The average Bonchev–Trinajstić information content (AvgIpc) is 3.44. The van der Waals surface area contributed by atoms with E-state index in [1.54, 1.807) is 12.1 Å². The maximum absolute atomic E-state index is 12.6. The smallest absolute Gasteiger partial charge is 0.307 e. The van der Waals surface area contributed by atoms with E-state index >= 15 is 0 Å². The minimum atomic E-state index is -0.930. The summed E-state index contributed by atoms with van der Waals surface area (Å²) in [6, 6.07) is 22.9. The van der Waals surface area contributed by atoms with E-state index in [9.17, 15) is 9.59 Å². The van der Waals surface area contributed by atoms with Crippen molar-refractivity contribution in [1.29, 1.82) is 0 Å². The Bertz CT molecular complexity index is 961. The van der Waals surface area contributed by atoms with Crippen LogP contribution in [-0.2, 0) is 20.7 Å². The summed E-state index contributed by atoms with van der Waals surface area (Å²) in [6.07, 6.45) is 1.58. The van der Waals surface area contributed by atoms with Gasteiger partial charge in [-0.3, -0.25) is 9.59 Å².